The number of nitrogens with one attached hydrogen (secondary N) is 1. The maximum Gasteiger partial charge on any atom is 0.397 e. The number of hydrogen-bond acceptors (Lipinski definition) is 2. The van der Waals surface area contributed by atoms with Crippen LogP contribution in [0.25, 0.3) is 0 Å². The fourth-order valence-corrected chi connectivity index (χ4v) is 1.21. The molecule has 1 aliphatic heterocycles. The third-order valence-electron chi connectivity index (χ3n) is 2.15. The Labute approximate surface area is 62.4 Å². The van der Waals surface area contributed by atoms with Crippen molar-refractivity contribution in [2.75, 3.05) is 19.7 Å². The molecule has 1 heterocycles. The third kappa shape index (κ3) is 1.35. The molecule has 5 heteroatoms. The SMILES string of the molecule is OC[C@@]1(C(F)(F)F)CCNC1. The van der Waals surface area contributed by atoms with E-state index in [1.807, 2.05) is 0 Å². The first-order chi connectivity index (χ1) is 5.02. The Bertz CT molecular complexity index is 139. The normalized spacial score (nSPS) is 32.7. The highest BCUT2D eigenvalue weighted by Gasteiger charge is 2.55. The second-order valence-corrected chi connectivity index (χ2v) is 2.86. The van der Waals surface area contributed by atoms with Crippen molar-refractivity contribution in [3.63, 3.8) is 0 Å². The zero-order chi connectivity index (χ0) is 8.54. The molecule has 1 saturated heterocycles. The Kier molecular flexibility index (Phi) is 2.11. The van der Waals surface area contributed by atoms with Crippen LogP contribution in [0.4, 0.5) is 13.2 Å². The summed E-state index contributed by atoms with van der Waals surface area (Å²) in [5, 5.41) is 11.2. The smallest absolute Gasteiger partial charge is 0.395 e. The Morgan fingerprint density at radius 1 is 1.45 bits per heavy atom. The van der Waals surface area contributed by atoms with Crippen molar-refractivity contribution < 1.29 is 18.3 Å². The van der Waals surface area contributed by atoms with Gasteiger partial charge in [-0.15, -0.1) is 0 Å². The van der Waals surface area contributed by atoms with Crippen LogP contribution >= 0.6 is 0 Å². The van der Waals surface area contributed by atoms with Crippen molar-refractivity contribution in [1.29, 1.82) is 0 Å². The van der Waals surface area contributed by atoms with Gasteiger partial charge in [0, 0.05) is 6.54 Å². The zero-order valence-electron chi connectivity index (χ0n) is 5.91. The van der Waals surface area contributed by atoms with Crippen LogP contribution in [-0.4, -0.2) is 31.0 Å². The van der Waals surface area contributed by atoms with Crippen LogP contribution in [0.5, 0.6) is 0 Å². The molecular formula is C6H10F3NO. The first kappa shape index (κ1) is 8.80. The molecule has 0 aliphatic carbocycles. The van der Waals surface area contributed by atoms with E-state index in [9.17, 15) is 13.2 Å². The van der Waals surface area contributed by atoms with Crippen LogP contribution in [0.1, 0.15) is 6.42 Å². The molecule has 0 saturated carbocycles. The highest BCUT2D eigenvalue weighted by Crippen LogP contribution is 2.42. The Morgan fingerprint density at radius 2 is 2.09 bits per heavy atom. The summed E-state index contributed by atoms with van der Waals surface area (Å²) in [6.07, 6.45) is -4.31. The van der Waals surface area contributed by atoms with Crippen LogP contribution in [-0.2, 0) is 0 Å². The highest BCUT2D eigenvalue weighted by molar-refractivity contribution is 4.93. The van der Waals surface area contributed by atoms with Gasteiger partial charge in [-0.25, -0.2) is 0 Å². The average molecular weight is 169 g/mol. The van der Waals surface area contributed by atoms with Crippen molar-refractivity contribution in [3.05, 3.63) is 0 Å². The van der Waals surface area contributed by atoms with E-state index < -0.39 is 18.2 Å². The predicted octanol–water partition coefficient (Wildman–Crippen LogP) is 0.521. The van der Waals surface area contributed by atoms with E-state index in [0.29, 0.717) is 6.54 Å². The van der Waals surface area contributed by atoms with Gasteiger partial charge in [0.2, 0.25) is 0 Å². The average Bonchev–Trinajstić information content (AvgIpc) is 2.33. The largest absolute Gasteiger partial charge is 0.397 e. The number of halogens is 3. The standard InChI is InChI=1S/C6H10F3NO/c7-6(8,9)5(4-11)1-2-10-3-5/h10-11H,1-4H2/t5-/m1/s1. The van der Waals surface area contributed by atoms with Crippen molar-refractivity contribution in [2.24, 2.45) is 5.41 Å². The second kappa shape index (κ2) is 2.64. The summed E-state index contributed by atoms with van der Waals surface area (Å²) in [6.45, 7) is -0.642. The number of aliphatic hydroxyl groups excluding tert-OH is 1. The van der Waals surface area contributed by atoms with E-state index in [4.69, 9.17) is 5.11 Å². The molecule has 1 aliphatic rings. The molecule has 1 atom stereocenters. The van der Waals surface area contributed by atoms with Gasteiger partial charge in [0.1, 0.15) is 5.41 Å². The summed E-state index contributed by atoms with van der Waals surface area (Å²) in [5.41, 5.74) is -1.88. The van der Waals surface area contributed by atoms with E-state index in [2.05, 4.69) is 5.32 Å². The van der Waals surface area contributed by atoms with Gasteiger partial charge in [-0.1, -0.05) is 0 Å². The molecule has 0 aromatic rings. The van der Waals surface area contributed by atoms with Gasteiger partial charge in [-0.2, -0.15) is 13.2 Å². The Balaban J connectivity index is 2.75. The molecular weight excluding hydrogens is 159 g/mol. The van der Waals surface area contributed by atoms with Crippen molar-refractivity contribution in [1.82, 2.24) is 5.32 Å². The lowest BCUT2D eigenvalue weighted by Crippen LogP contribution is -2.42. The molecule has 0 spiro atoms. The molecule has 0 aromatic heterocycles. The lowest BCUT2D eigenvalue weighted by molar-refractivity contribution is -0.227. The predicted molar refractivity (Wildman–Crippen MR) is 33.1 cm³/mol. The van der Waals surface area contributed by atoms with Gasteiger partial charge in [0.05, 0.1) is 6.61 Å². The monoisotopic (exact) mass is 169 g/mol. The van der Waals surface area contributed by atoms with E-state index in [0.717, 1.165) is 0 Å². The molecule has 0 radical (unpaired) electrons. The summed E-state index contributed by atoms with van der Waals surface area (Å²) < 4.78 is 36.6. The van der Waals surface area contributed by atoms with Crippen LogP contribution in [0.15, 0.2) is 0 Å². The molecule has 11 heavy (non-hydrogen) atoms. The maximum atomic E-state index is 12.2. The quantitative estimate of drug-likeness (QED) is 0.599. The van der Waals surface area contributed by atoms with Crippen molar-refractivity contribution in [2.45, 2.75) is 12.6 Å². The highest BCUT2D eigenvalue weighted by atomic mass is 19.4. The van der Waals surface area contributed by atoms with Crippen molar-refractivity contribution in [3.8, 4) is 0 Å². The van der Waals surface area contributed by atoms with E-state index in [1.54, 1.807) is 0 Å². The van der Waals surface area contributed by atoms with E-state index in [1.165, 1.54) is 0 Å². The summed E-state index contributed by atoms with van der Waals surface area (Å²) >= 11 is 0. The van der Waals surface area contributed by atoms with Crippen LogP contribution in [0.2, 0.25) is 0 Å². The topological polar surface area (TPSA) is 32.3 Å². The molecule has 1 fully saturated rings. The minimum atomic E-state index is -4.29. The summed E-state index contributed by atoms with van der Waals surface area (Å²) in [7, 11) is 0. The number of rotatable bonds is 1. The maximum absolute atomic E-state index is 12.2. The van der Waals surface area contributed by atoms with Gasteiger partial charge in [0.25, 0.3) is 0 Å². The minimum Gasteiger partial charge on any atom is -0.395 e. The molecule has 1 rings (SSSR count). The van der Waals surface area contributed by atoms with Gasteiger partial charge < -0.3 is 10.4 Å². The summed E-state index contributed by atoms with van der Waals surface area (Å²) in [5.74, 6) is 0. The Morgan fingerprint density at radius 3 is 2.27 bits per heavy atom. The van der Waals surface area contributed by atoms with Gasteiger partial charge >= 0.3 is 6.18 Å². The first-order valence-corrected chi connectivity index (χ1v) is 3.40. The van der Waals surface area contributed by atoms with Gasteiger partial charge in [-0.3, -0.25) is 0 Å². The van der Waals surface area contributed by atoms with Crippen LogP contribution in [0.3, 0.4) is 0 Å². The molecule has 2 nitrogen and oxygen atoms in total. The molecule has 0 unspecified atom stereocenters. The number of alkyl halides is 3. The van der Waals surface area contributed by atoms with Crippen molar-refractivity contribution >= 4 is 0 Å². The fourth-order valence-electron chi connectivity index (χ4n) is 1.21. The third-order valence-corrected chi connectivity index (χ3v) is 2.15. The lowest BCUT2D eigenvalue weighted by atomic mass is 9.87. The minimum absolute atomic E-state index is 0.0208. The van der Waals surface area contributed by atoms with Crippen LogP contribution in [0, 0.1) is 5.41 Å². The van der Waals surface area contributed by atoms with E-state index >= 15 is 0 Å². The summed E-state index contributed by atoms with van der Waals surface area (Å²) in [4.78, 5) is 0. The molecule has 0 bridgehead atoms. The molecule has 0 amide bonds. The van der Waals surface area contributed by atoms with Crippen LogP contribution < -0.4 is 5.32 Å². The molecule has 0 aromatic carbocycles. The lowest BCUT2D eigenvalue weighted by Gasteiger charge is -2.28. The van der Waals surface area contributed by atoms with E-state index in [-0.39, 0.29) is 13.0 Å². The van der Waals surface area contributed by atoms with Gasteiger partial charge in [0.15, 0.2) is 0 Å². The van der Waals surface area contributed by atoms with Gasteiger partial charge in [-0.05, 0) is 13.0 Å². The number of hydrogen-bond donors (Lipinski definition) is 2. The molecule has 2 N–H and O–H groups in total. The number of aliphatic hydroxyl groups is 1. The fraction of sp³-hybridized carbons (Fsp3) is 1.00. The Hall–Kier alpha value is -0.290. The first-order valence-electron chi connectivity index (χ1n) is 3.40. The second-order valence-electron chi connectivity index (χ2n) is 2.86. The zero-order valence-corrected chi connectivity index (χ0v) is 5.91. The molecule has 66 valence electrons. The summed E-state index contributed by atoms with van der Waals surface area (Å²) in [6, 6.07) is 0.